The van der Waals surface area contributed by atoms with Gasteiger partial charge in [-0.3, -0.25) is 0 Å². The zero-order valence-corrected chi connectivity index (χ0v) is 7.68. The van der Waals surface area contributed by atoms with Crippen LogP contribution in [0.3, 0.4) is 0 Å². The minimum atomic E-state index is 0.236. The number of aromatic nitrogens is 3. The molecule has 1 N–H and O–H groups in total. The molecule has 2 rings (SSSR count). The summed E-state index contributed by atoms with van der Waals surface area (Å²) in [6, 6.07) is 5.37. The van der Waals surface area contributed by atoms with E-state index >= 15 is 0 Å². The predicted molar refractivity (Wildman–Crippen MR) is 51.7 cm³/mol. The summed E-state index contributed by atoms with van der Waals surface area (Å²) in [5.74, 6) is 0.236. The minimum Gasteiger partial charge on any atom is -0.507 e. The van der Waals surface area contributed by atoms with E-state index in [1.165, 1.54) is 0 Å². The van der Waals surface area contributed by atoms with Crippen molar-refractivity contribution in [3.63, 3.8) is 0 Å². The van der Waals surface area contributed by atoms with Crippen molar-refractivity contribution in [2.45, 2.75) is 6.92 Å². The van der Waals surface area contributed by atoms with Crippen molar-refractivity contribution in [1.29, 1.82) is 0 Å². The third-order valence-corrected chi connectivity index (χ3v) is 2.04. The Balaban J connectivity index is 2.63. The van der Waals surface area contributed by atoms with Crippen LogP contribution in [-0.4, -0.2) is 20.5 Å². The second kappa shape index (κ2) is 3.41. The molecule has 1 aromatic carbocycles. The fraction of sp³-hybridized carbons (Fsp3) is 0.100. The van der Waals surface area contributed by atoms with E-state index in [0.29, 0.717) is 0 Å². The molecule has 0 saturated carbocycles. The molecule has 0 aliphatic rings. The summed E-state index contributed by atoms with van der Waals surface area (Å²) >= 11 is 0. The van der Waals surface area contributed by atoms with Crippen molar-refractivity contribution in [2.24, 2.45) is 0 Å². The average Bonchev–Trinajstić information content (AvgIpc) is 2.19. The van der Waals surface area contributed by atoms with Crippen LogP contribution >= 0.6 is 0 Å². The zero-order valence-electron chi connectivity index (χ0n) is 7.68. The molecule has 0 fully saturated rings. The number of aromatic hydroxyl groups is 1. The van der Waals surface area contributed by atoms with Gasteiger partial charge in [0.1, 0.15) is 5.75 Å². The van der Waals surface area contributed by atoms with E-state index in [2.05, 4.69) is 15.4 Å². The zero-order chi connectivity index (χ0) is 9.97. The third kappa shape index (κ3) is 1.42. The standard InChI is InChI=1S/C10H9N3O/c1-7-3-2-4-9(14)10(7)8-5-11-13-12-6-8/h2-6,14H,1H3. The van der Waals surface area contributed by atoms with E-state index in [0.717, 1.165) is 16.7 Å². The first kappa shape index (κ1) is 8.62. The van der Waals surface area contributed by atoms with Crippen LogP contribution in [0.15, 0.2) is 30.6 Å². The number of phenolic OH excluding ortho intramolecular Hbond substituents is 1. The monoisotopic (exact) mass is 187 g/mol. The van der Waals surface area contributed by atoms with E-state index in [-0.39, 0.29) is 5.75 Å². The van der Waals surface area contributed by atoms with Gasteiger partial charge in [-0.05, 0) is 23.8 Å². The van der Waals surface area contributed by atoms with Gasteiger partial charge in [0.2, 0.25) is 0 Å². The van der Waals surface area contributed by atoms with Gasteiger partial charge in [-0.25, -0.2) is 0 Å². The van der Waals surface area contributed by atoms with E-state index in [1.54, 1.807) is 24.5 Å². The largest absolute Gasteiger partial charge is 0.507 e. The molecule has 14 heavy (non-hydrogen) atoms. The Hall–Kier alpha value is -1.97. The Kier molecular flexibility index (Phi) is 2.10. The second-order valence-electron chi connectivity index (χ2n) is 3.00. The van der Waals surface area contributed by atoms with Gasteiger partial charge in [0.05, 0.1) is 12.4 Å². The molecule has 4 heteroatoms. The number of rotatable bonds is 1. The molecule has 0 aliphatic heterocycles. The molecule has 0 amide bonds. The molecule has 1 aromatic heterocycles. The van der Waals surface area contributed by atoms with Crippen LogP contribution in [0, 0.1) is 6.92 Å². The fourth-order valence-electron chi connectivity index (χ4n) is 1.40. The molecule has 4 nitrogen and oxygen atoms in total. The SMILES string of the molecule is Cc1cccc(O)c1-c1cnnnc1. The summed E-state index contributed by atoms with van der Waals surface area (Å²) in [5, 5.41) is 20.5. The maximum absolute atomic E-state index is 9.67. The Bertz CT molecular complexity index is 422. The van der Waals surface area contributed by atoms with Crippen molar-refractivity contribution in [2.75, 3.05) is 0 Å². The lowest BCUT2D eigenvalue weighted by atomic mass is 10.0. The molecule has 0 radical (unpaired) electrons. The van der Waals surface area contributed by atoms with Crippen LogP contribution < -0.4 is 0 Å². The molecule has 0 saturated heterocycles. The van der Waals surface area contributed by atoms with Gasteiger partial charge in [0.15, 0.2) is 0 Å². The highest BCUT2D eigenvalue weighted by Crippen LogP contribution is 2.30. The van der Waals surface area contributed by atoms with Crippen molar-refractivity contribution >= 4 is 0 Å². The van der Waals surface area contributed by atoms with Crippen LogP contribution in [0.25, 0.3) is 11.1 Å². The summed E-state index contributed by atoms with van der Waals surface area (Å²) in [5.41, 5.74) is 2.52. The summed E-state index contributed by atoms with van der Waals surface area (Å²) in [7, 11) is 0. The Morgan fingerprint density at radius 1 is 1.14 bits per heavy atom. The van der Waals surface area contributed by atoms with Crippen molar-refractivity contribution in [1.82, 2.24) is 15.4 Å². The minimum absolute atomic E-state index is 0.236. The second-order valence-corrected chi connectivity index (χ2v) is 3.00. The molecule has 0 atom stereocenters. The van der Waals surface area contributed by atoms with Crippen LogP contribution in [-0.2, 0) is 0 Å². The van der Waals surface area contributed by atoms with Crippen molar-refractivity contribution in [3.05, 3.63) is 36.2 Å². The Labute approximate surface area is 81.2 Å². The Morgan fingerprint density at radius 3 is 2.50 bits per heavy atom. The van der Waals surface area contributed by atoms with Crippen molar-refractivity contribution < 1.29 is 5.11 Å². The first-order chi connectivity index (χ1) is 6.79. The molecular weight excluding hydrogens is 178 g/mol. The van der Waals surface area contributed by atoms with Crippen molar-refractivity contribution in [3.8, 4) is 16.9 Å². The van der Waals surface area contributed by atoms with Crippen LogP contribution in [0.1, 0.15) is 5.56 Å². The first-order valence-corrected chi connectivity index (χ1v) is 4.21. The summed E-state index contributed by atoms with van der Waals surface area (Å²) in [6.45, 7) is 1.93. The quantitative estimate of drug-likeness (QED) is 0.735. The fourth-order valence-corrected chi connectivity index (χ4v) is 1.40. The number of hydrogen-bond donors (Lipinski definition) is 1. The van der Waals surface area contributed by atoms with E-state index in [4.69, 9.17) is 0 Å². The van der Waals surface area contributed by atoms with Gasteiger partial charge >= 0.3 is 0 Å². The Morgan fingerprint density at radius 2 is 1.86 bits per heavy atom. The maximum Gasteiger partial charge on any atom is 0.123 e. The topological polar surface area (TPSA) is 58.9 Å². The lowest BCUT2D eigenvalue weighted by Gasteiger charge is -2.06. The van der Waals surface area contributed by atoms with Crippen LogP contribution in [0.5, 0.6) is 5.75 Å². The molecule has 2 aromatic rings. The normalized spacial score (nSPS) is 10.1. The number of hydrogen-bond acceptors (Lipinski definition) is 4. The number of benzene rings is 1. The van der Waals surface area contributed by atoms with Gasteiger partial charge in [-0.1, -0.05) is 12.1 Å². The highest BCUT2D eigenvalue weighted by atomic mass is 16.3. The average molecular weight is 187 g/mol. The van der Waals surface area contributed by atoms with Crippen LogP contribution in [0.2, 0.25) is 0 Å². The summed E-state index contributed by atoms with van der Waals surface area (Å²) in [4.78, 5) is 0. The van der Waals surface area contributed by atoms with Gasteiger partial charge in [-0.15, -0.1) is 10.2 Å². The smallest absolute Gasteiger partial charge is 0.123 e. The van der Waals surface area contributed by atoms with Crippen LogP contribution in [0.4, 0.5) is 0 Å². The summed E-state index contributed by atoms with van der Waals surface area (Å²) < 4.78 is 0. The van der Waals surface area contributed by atoms with E-state index < -0.39 is 0 Å². The molecule has 0 bridgehead atoms. The van der Waals surface area contributed by atoms with E-state index in [9.17, 15) is 5.11 Å². The maximum atomic E-state index is 9.67. The molecular formula is C10H9N3O. The molecule has 0 unspecified atom stereocenters. The molecule has 0 aliphatic carbocycles. The molecule has 1 heterocycles. The number of aryl methyl sites for hydroxylation is 1. The highest BCUT2D eigenvalue weighted by molar-refractivity contribution is 5.71. The first-order valence-electron chi connectivity index (χ1n) is 4.21. The number of nitrogens with zero attached hydrogens (tertiary/aromatic N) is 3. The summed E-state index contributed by atoms with van der Waals surface area (Å²) in [6.07, 6.45) is 3.16. The highest BCUT2D eigenvalue weighted by Gasteiger charge is 2.07. The van der Waals surface area contributed by atoms with Gasteiger partial charge in [0.25, 0.3) is 0 Å². The lowest BCUT2D eigenvalue weighted by molar-refractivity contribution is 0.477. The molecule has 70 valence electrons. The molecule has 0 spiro atoms. The van der Waals surface area contributed by atoms with Gasteiger partial charge < -0.3 is 5.11 Å². The third-order valence-electron chi connectivity index (χ3n) is 2.04. The van der Waals surface area contributed by atoms with E-state index in [1.807, 2.05) is 13.0 Å². The van der Waals surface area contributed by atoms with Gasteiger partial charge in [0, 0.05) is 11.1 Å². The lowest BCUT2D eigenvalue weighted by Crippen LogP contribution is -1.89. The van der Waals surface area contributed by atoms with Gasteiger partial charge in [-0.2, -0.15) is 0 Å². The number of phenols is 1. The predicted octanol–water partition coefficient (Wildman–Crippen LogP) is 1.55.